The highest BCUT2D eigenvalue weighted by Gasteiger charge is 2.48. The van der Waals surface area contributed by atoms with E-state index in [0.29, 0.717) is 22.2 Å². The van der Waals surface area contributed by atoms with Crippen molar-refractivity contribution < 1.29 is 19.4 Å². The molecule has 2 aromatic rings. The predicted molar refractivity (Wildman–Crippen MR) is 107 cm³/mol. The maximum atomic E-state index is 12.8. The van der Waals surface area contributed by atoms with Crippen molar-refractivity contribution in [2.45, 2.75) is 12.8 Å². The van der Waals surface area contributed by atoms with E-state index in [1.54, 1.807) is 48.5 Å². The van der Waals surface area contributed by atoms with Crippen molar-refractivity contribution >= 4 is 29.2 Å². The van der Waals surface area contributed by atoms with Crippen LogP contribution in [-0.2, 0) is 9.59 Å². The number of hydrogen-bond donors (Lipinski definition) is 2. The van der Waals surface area contributed by atoms with Gasteiger partial charge in [0, 0.05) is 10.7 Å². The number of anilines is 1. The molecule has 2 bridgehead atoms. The molecule has 5 nitrogen and oxygen atoms in total. The van der Waals surface area contributed by atoms with Gasteiger partial charge in [0.1, 0.15) is 11.5 Å². The molecule has 2 aromatic carbocycles. The highest BCUT2D eigenvalue weighted by molar-refractivity contribution is 6.30. The van der Waals surface area contributed by atoms with Crippen LogP contribution in [0.1, 0.15) is 12.8 Å². The second-order valence-corrected chi connectivity index (χ2v) is 7.69. The summed E-state index contributed by atoms with van der Waals surface area (Å²) in [5.41, 5.74) is 0.614. The van der Waals surface area contributed by atoms with Crippen LogP contribution in [-0.4, -0.2) is 17.0 Å². The van der Waals surface area contributed by atoms with Gasteiger partial charge in [0.15, 0.2) is 0 Å². The van der Waals surface area contributed by atoms with E-state index < -0.39 is 17.8 Å². The molecule has 2 N–H and O–H groups in total. The van der Waals surface area contributed by atoms with Gasteiger partial charge in [-0.1, -0.05) is 23.8 Å². The Labute approximate surface area is 168 Å². The molecule has 3 aliphatic rings. The third-order valence-corrected chi connectivity index (χ3v) is 5.76. The minimum absolute atomic E-state index is 0.0152. The van der Waals surface area contributed by atoms with Gasteiger partial charge in [-0.05, 0) is 73.2 Å². The van der Waals surface area contributed by atoms with Crippen LogP contribution in [0, 0.1) is 23.7 Å². The topological polar surface area (TPSA) is 75.6 Å². The number of ether oxygens (including phenoxy) is 1. The van der Waals surface area contributed by atoms with E-state index in [2.05, 4.69) is 5.32 Å². The van der Waals surface area contributed by atoms with Crippen molar-refractivity contribution in [3.8, 4) is 11.5 Å². The summed E-state index contributed by atoms with van der Waals surface area (Å²) in [4.78, 5) is 24.5. The summed E-state index contributed by atoms with van der Waals surface area (Å²) in [5.74, 6) is -1.11. The van der Waals surface area contributed by atoms with Crippen molar-refractivity contribution in [1.29, 1.82) is 0 Å². The average molecular weight is 398 g/mol. The first-order valence-electron chi connectivity index (χ1n) is 9.27. The number of benzene rings is 2. The van der Waals surface area contributed by atoms with Gasteiger partial charge in [-0.25, -0.2) is 0 Å². The number of halogens is 1. The van der Waals surface area contributed by atoms with Gasteiger partial charge in [-0.3, -0.25) is 9.59 Å². The Kier molecular flexibility index (Phi) is 5.09. The number of fused-ring (bicyclic) bond motifs is 2. The number of rotatable bonds is 5. The molecule has 0 aliphatic heterocycles. The molecule has 5 rings (SSSR count). The average Bonchev–Trinajstić information content (AvgIpc) is 2.71. The van der Waals surface area contributed by atoms with Crippen molar-refractivity contribution in [3.63, 3.8) is 0 Å². The van der Waals surface area contributed by atoms with E-state index in [4.69, 9.17) is 16.3 Å². The highest BCUT2D eigenvalue weighted by Crippen LogP contribution is 2.45. The van der Waals surface area contributed by atoms with E-state index >= 15 is 0 Å². The number of hydrogen-bond acceptors (Lipinski definition) is 3. The lowest BCUT2D eigenvalue weighted by Crippen LogP contribution is -2.47. The summed E-state index contributed by atoms with van der Waals surface area (Å²) in [6.45, 7) is 0. The minimum Gasteiger partial charge on any atom is -0.481 e. The van der Waals surface area contributed by atoms with Gasteiger partial charge >= 0.3 is 5.97 Å². The Bertz CT molecular complexity index is 907. The Balaban J connectivity index is 1.44. The number of carbonyl (C=O) groups excluding carboxylic acids is 1. The Hall–Kier alpha value is -2.79. The zero-order chi connectivity index (χ0) is 19.7. The molecule has 28 heavy (non-hydrogen) atoms. The summed E-state index contributed by atoms with van der Waals surface area (Å²) in [5, 5.41) is 13.1. The smallest absolute Gasteiger partial charge is 0.307 e. The van der Waals surface area contributed by atoms with Crippen molar-refractivity contribution in [3.05, 3.63) is 65.7 Å². The molecule has 1 amide bonds. The highest BCUT2D eigenvalue weighted by atomic mass is 35.5. The fourth-order valence-electron chi connectivity index (χ4n) is 4.16. The van der Waals surface area contributed by atoms with Crippen LogP contribution in [0.4, 0.5) is 5.69 Å². The molecule has 0 saturated heterocycles. The third-order valence-electron chi connectivity index (χ3n) is 5.51. The normalized spacial score (nSPS) is 25.3. The van der Waals surface area contributed by atoms with Crippen LogP contribution < -0.4 is 10.1 Å². The van der Waals surface area contributed by atoms with Gasteiger partial charge < -0.3 is 15.2 Å². The maximum absolute atomic E-state index is 12.8. The molecule has 4 atom stereocenters. The molecule has 6 heteroatoms. The van der Waals surface area contributed by atoms with Gasteiger partial charge in [-0.15, -0.1) is 0 Å². The first-order valence-corrected chi connectivity index (χ1v) is 9.64. The number of carboxylic acids is 1. The van der Waals surface area contributed by atoms with Crippen LogP contribution >= 0.6 is 11.6 Å². The van der Waals surface area contributed by atoms with Gasteiger partial charge in [0.2, 0.25) is 5.91 Å². The van der Waals surface area contributed by atoms with Crippen molar-refractivity contribution in [1.82, 2.24) is 0 Å². The Morgan fingerprint density at radius 2 is 1.43 bits per heavy atom. The first-order chi connectivity index (χ1) is 13.5. The third kappa shape index (κ3) is 3.76. The second-order valence-electron chi connectivity index (χ2n) is 7.25. The standard InChI is InChI=1S/C22H20ClNO4/c23-15-5-9-17(10-6-15)28-18-11-7-16(8-12-18)24-21(25)19-13-1-3-14(4-2-13)20(19)22(26)27/h1,3,5-14,19-20H,2,4H2,(H,24,25)(H,26,27)/t13-,14+,19-,20+/m0/s1. The quantitative estimate of drug-likeness (QED) is 0.697. The maximum Gasteiger partial charge on any atom is 0.307 e. The van der Waals surface area contributed by atoms with E-state index in [1.807, 2.05) is 12.2 Å². The molecule has 1 fully saturated rings. The molecular formula is C22H20ClNO4. The number of carboxylic acid groups (broad SMARTS) is 1. The summed E-state index contributed by atoms with van der Waals surface area (Å²) in [7, 11) is 0. The Morgan fingerprint density at radius 1 is 0.893 bits per heavy atom. The lowest BCUT2D eigenvalue weighted by Gasteiger charge is -2.41. The molecule has 0 aromatic heterocycles. The molecular weight excluding hydrogens is 378 g/mol. The van der Waals surface area contributed by atoms with Crippen LogP contribution in [0.25, 0.3) is 0 Å². The largest absolute Gasteiger partial charge is 0.481 e. The van der Waals surface area contributed by atoms with Crippen molar-refractivity contribution in [2.24, 2.45) is 23.7 Å². The summed E-state index contributed by atoms with van der Waals surface area (Å²) in [6.07, 6.45) is 5.65. The molecule has 0 heterocycles. The molecule has 0 radical (unpaired) electrons. The SMILES string of the molecule is O=C(Nc1ccc(Oc2ccc(Cl)cc2)cc1)[C@@H]1[C@H](C(=O)O)[C@@H]2C=C[C@H]1CC2. The number of nitrogens with one attached hydrogen (secondary N) is 1. The van der Waals surface area contributed by atoms with Crippen LogP contribution in [0.3, 0.4) is 0 Å². The van der Waals surface area contributed by atoms with E-state index in [9.17, 15) is 14.7 Å². The lowest BCUT2D eigenvalue weighted by molar-refractivity contribution is -0.151. The van der Waals surface area contributed by atoms with E-state index in [1.165, 1.54) is 0 Å². The number of allylic oxidation sites excluding steroid dienone is 2. The number of aliphatic carboxylic acids is 1. The van der Waals surface area contributed by atoms with Crippen molar-refractivity contribution in [2.75, 3.05) is 5.32 Å². The fraction of sp³-hybridized carbons (Fsp3) is 0.273. The number of carbonyl (C=O) groups is 2. The lowest BCUT2D eigenvalue weighted by atomic mass is 9.62. The fourth-order valence-corrected chi connectivity index (χ4v) is 4.28. The monoisotopic (exact) mass is 397 g/mol. The van der Waals surface area contributed by atoms with Crippen LogP contribution in [0.15, 0.2) is 60.7 Å². The Morgan fingerprint density at radius 3 is 1.96 bits per heavy atom. The van der Waals surface area contributed by atoms with Gasteiger partial charge in [0.25, 0.3) is 0 Å². The summed E-state index contributed by atoms with van der Waals surface area (Å²) < 4.78 is 5.74. The minimum atomic E-state index is -0.897. The summed E-state index contributed by atoms with van der Waals surface area (Å²) >= 11 is 5.86. The molecule has 0 spiro atoms. The first kappa shape index (κ1) is 18.6. The zero-order valence-corrected chi connectivity index (χ0v) is 15.8. The molecule has 0 unspecified atom stereocenters. The number of amides is 1. The van der Waals surface area contributed by atoms with E-state index in [-0.39, 0.29) is 17.7 Å². The molecule has 3 aliphatic carbocycles. The van der Waals surface area contributed by atoms with Gasteiger partial charge in [-0.2, -0.15) is 0 Å². The predicted octanol–water partition coefficient (Wildman–Crippen LogP) is 4.98. The second kappa shape index (κ2) is 7.68. The van der Waals surface area contributed by atoms with Crippen LogP contribution in [0.2, 0.25) is 5.02 Å². The van der Waals surface area contributed by atoms with E-state index in [0.717, 1.165) is 12.8 Å². The zero-order valence-electron chi connectivity index (χ0n) is 15.0. The van der Waals surface area contributed by atoms with Crippen LogP contribution in [0.5, 0.6) is 11.5 Å². The summed E-state index contributed by atoms with van der Waals surface area (Å²) in [6, 6.07) is 14.0. The van der Waals surface area contributed by atoms with Gasteiger partial charge in [0.05, 0.1) is 11.8 Å². The molecule has 1 saturated carbocycles. The molecule has 144 valence electrons.